The zero-order valence-corrected chi connectivity index (χ0v) is 13.6. The van der Waals surface area contributed by atoms with Gasteiger partial charge in [0.2, 0.25) is 5.78 Å². The fourth-order valence-corrected chi connectivity index (χ4v) is 4.24. The number of Topliss-reactive ketones (excluding diaryl/α,β-unsaturated/α-hetero) is 1. The van der Waals surface area contributed by atoms with Crippen LogP contribution in [0.5, 0.6) is 0 Å². The van der Waals surface area contributed by atoms with E-state index in [9.17, 15) is 9.59 Å². The van der Waals surface area contributed by atoms with E-state index in [1.807, 2.05) is 35.2 Å². The number of hydrogen-bond donors (Lipinski definition) is 0. The van der Waals surface area contributed by atoms with Crippen molar-refractivity contribution in [2.24, 2.45) is 0 Å². The zero-order valence-electron chi connectivity index (χ0n) is 12.1. The zero-order chi connectivity index (χ0) is 14.9. The Morgan fingerprint density at radius 2 is 1.76 bits per heavy atom. The molecule has 1 heterocycles. The molecule has 0 radical (unpaired) electrons. The van der Waals surface area contributed by atoms with Crippen LogP contribution in [0.3, 0.4) is 0 Å². The first-order valence-corrected chi connectivity index (χ1v) is 8.48. The smallest absolute Gasteiger partial charge is 0.291 e. The normalized spacial score (nSPS) is 27.4. The molecule has 0 N–H and O–H groups in total. The van der Waals surface area contributed by atoms with Crippen LogP contribution in [-0.2, 0) is 16.0 Å². The molecular formula is C17H20BrNO2. The third kappa shape index (κ3) is 2.91. The average Bonchev–Trinajstić information content (AvgIpc) is 2.74. The molecule has 112 valence electrons. The molecule has 1 amide bonds. The molecule has 1 aliphatic heterocycles. The maximum Gasteiger partial charge on any atom is 0.291 e. The second-order valence-electron chi connectivity index (χ2n) is 6.18. The van der Waals surface area contributed by atoms with E-state index in [0.717, 1.165) is 31.2 Å². The van der Waals surface area contributed by atoms with E-state index in [1.54, 1.807) is 0 Å². The number of nitrogens with zero attached hydrogens (tertiary/aromatic N) is 1. The first kappa shape index (κ1) is 14.8. The van der Waals surface area contributed by atoms with Crippen LogP contribution in [0.2, 0.25) is 0 Å². The topological polar surface area (TPSA) is 37.4 Å². The molecule has 1 aromatic carbocycles. The van der Waals surface area contributed by atoms with Crippen molar-refractivity contribution < 1.29 is 9.59 Å². The number of ketones is 1. The molecule has 1 aliphatic carbocycles. The van der Waals surface area contributed by atoms with Gasteiger partial charge in [-0.3, -0.25) is 9.59 Å². The number of likely N-dealkylation sites (tertiary alicyclic amines) is 1. The van der Waals surface area contributed by atoms with Gasteiger partial charge >= 0.3 is 0 Å². The predicted molar refractivity (Wildman–Crippen MR) is 85.4 cm³/mol. The Hall–Kier alpha value is -1.16. The van der Waals surface area contributed by atoms with Gasteiger partial charge in [-0.1, -0.05) is 65.5 Å². The van der Waals surface area contributed by atoms with Gasteiger partial charge in [0.15, 0.2) is 0 Å². The van der Waals surface area contributed by atoms with Crippen molar-refractivity contribution in [2.45, 2.75) is 48.9 Å². The second-order valence-corrected chi connectivity index (χ2v) is 7.70. The Kier molecular flexibility index (Phi) is 4.16. The molecule has 0 aromatic heterocycles. The molecule has 21 heavy (non-hydrogen) atoms. The predicted octanol–water partition coefficient (Wildman–Crippen LogP) is 3.11. The van der Waals surface area contributed by atoms with Crippen molar-refractivity contribution in [3.8, 4) is 0 Å². The summed E-state index contributed by atoms with van der Waals surface area (Å²) in [7, 11) is 0. The standard InChI is InChI=1S/C17H20BrNO2/c18-17(11-13-7-3-1-4-8-13)12-19(16(21)15(17)20)14-9-5-2-6-10-14/h1,3-4,7-8,14H,2,5-6,9-12H2. The number of carbonyl (C=O) groups excluding carboxylic acids is 2. The molecule has 0 spiro atoms. The first-order chi connectivity index (χ1) is 10.1. The van der Waals surface area contributed by atoms with Crippen molar-refractivity contribution in [2.75, 3.05) is 6.54 Å². The minimum absolute atomic E-state index is 0.255. The monoisotopic (exact) mass is 349 g/mol. The maximum atomic E-state index is 12.4. The minimum atomic E-state index is -0.747. The number of hydrogen-bond acceptors (Lipinski definition) is 2. The first-order valence-electron chi connectivity index (χ1n) is 7.68. The lowest BCUT2D eigenvalue weighted by atomic mass is 9.94. The Balaban J connectivity index is 1.77. The highest BCUT2D eigenvalue weighted by Crippen LogP contribution is 2.35. The average molecular weight is 350 g/mol. The minimum Gasteiger partial charge on any atom is -0.331 e. The maximum absolute atomic E-state index is 12.4. The van der Waals surface area contributed by atoms with Crippen molar-refractivity contribution in [3.63, 3.8) is 0 Å². The molecule has 3 nitrogen and oxygen atoms in total. The van der Waals surface area contributed by atoms with Crippen molar-refractivity contribution >= 4 is 27.6 Å². The lowest BCUT2D eigenvalue weighted by Crippen LogP contribution is -2.39. The number of benzene rings is 1. The van der Waals surface area contributed by atoms with Crippen LogP contribution in [0.4, 0.5) is 0 Å². The second kappa shape index (κ2) is 5.91. The molecule has 3 rings (SSSR count). The van der Waals surface area contributed by atoms with E-state index in [2.05, 4.69) is 15.9 Å². The third-order valence-corrected chi connectivity index (χ3v) is 5.52. The SMILES string of the molecule is O=C1C(=O)C(Br)(Cc2ccccc2)CN1C1CCCCC1. The quantitative estimate of drug-likeness (QED) is 0.621. The van der Waals surface area contributed by atoms with Gasteiger partial charge in [-0.05, 0) is 24.8 Å². The summed E-state index contributed by atoms with van der Waals surface area (Å²) in [6, 6.07) is 10.1. The highest BCUT2D eigenvalue weighted by molar-refractivity contribution is 9.10. The van der Waals surface area contributed by atoms with Gasteiger partial charge < -0.3 is 4.90 Å². The van der Waals surface area contributed by atoms with Crippen LogP contribution in [0.15, 0.2) is 30.3 Å². The van der Waals surface area contributed by atoms with Crippen molar-refractivity contribution in [1.82, 2.24) is 4.90 Å². The molecule has 4 heteroatoms. The number of halogens is 1. The Bertz CT molecular complexity index is 539. The summed E-state index contributed by atoms with van der Waals surface area (Å²) in [5.41, 5.74) is 1.08. The van der Waals surface area contributed by atoms with Gasteiger partial charge in [0.05, 0.1) is 0 Å². The van der Waals surface area contributed by atoms with Crippen LogP contribution in [0.1, 0.15) is 37.7 Å². The van der Waals surface area contributed by atoms with Crippen molar-refractivity contribution in [3.05, 3.63) is 35.9 Å². The van der Waals surface area contributed by atoms with Gasteiger partial charge in [-0.15, -0.1) is 0 Å². The fourth-order valence-electron chi connectivity index (χ4n) is 3.48. The van der Waals surface area contributed by atoms with E-state index in [0.29, 0.717) is 13.0 Å². The van der Waals surface area contributed by atoms with E-state index < -0.39 is 4.32 Å². The van der Waals surface area contributed by atoms with Gasteiger partial charge in [0, 0.05) is 12.6 Å². The van der Waals surface area contributed by atoms with E-state index in [1.165, 1.54) is 6.42 Å². The number of rotatable bonds is 3. The van der Waals surface area contributed by atoms with Gasteiger partial charge in [0.1, 0.15) is 4.32 Å². The van der Waals surface area contributed by atoms with Gasteiger partial charge in [-0.25, -0.2) is 0 Å². The summed E-state index contributed by atoms with van der Waals surface area (Å²) in [6.45, 7) is 0.504. The van der Waals surface area contributed by atoms with Crippen LogP contribution in [0, 0.1) is 0 Å². The molecule has 1 unspecified atom stereocenters. The van der Waals surface area contributed by atoms with Gasteiger partial charge in [0.25, 0.3) is 5.91 Å². The Morgan fingerprint density at radius 3 is 2.43 bits per heavy atom. The lowest BCUT2D eigenvalue weighted by molar-refractivity contribution is -0.141. The summed E-state index contributed by atoms with van der Waals surface area (Å²) in [4.78, 5) is 26.6. The van der Waals surface area contributed by atoms with E-state index >= 15 is 0 Å². The molecule has 1 aromatic rings. The lowest BCUT2D eigenvalue weighted by Gasteiger charge is -2.31. The fraction of sp³-hybridized carbons (Fsp3) is 0.529. The number of amides is 1. The molecule has 2 aliphatic rings. The molecule has 1 saturated carbocycles. The van der Waals surface area contributed by atoms with Crippen LogP contribution in [-0.4, -0.2) is 33.5 Å². The highest BCUT2D eigenvalue weighted by Gasteiger charge is 2.51. The van der Waals surface area contributed by atoms with E-state index in [-0.39, 0.29) is 17.7 Å². The number of carbonyl (C=O) groups is 2. The molecule has 1 saturated heterocycles. The largest absolute Gasteiger partial charge is 0.331 e. The number of alkyl halides is 1. The summed E-state index contributed by atoms with van der Waals surface area (Å²) in [6.07, 6.45) is 6.21. The van der Waals surface area contributed by atoms with Crippen LogP contribution < -0.4 is 0 Å². The summed E-state index contributed by atoms with van der Waals surface area (Å²) in [5.74, 6) is -0.577. The summed E-state index contributed by atoms with van der Waals surface area (Å²) in [5, 5.41) is 0. The van der Waals surface area contributed by atoms with Crippen molar-refractivity contribution in [1.29, 1.82) is 0 Å². The molecule has 0 bridgehead atoms. The third-order valence-electron chi connectivity index (χ3n) is 4.63. The summed E-state index contributed by atoms with van der Waals surface area (Å²) < 4.78 is -0.747. The Morgan fingerprint density at radius 1 is 1.10 bits per heavy atom. The molecular weight excluding hydrogens is 330 g/mol. The van der Waals surface area contributed by atoms with Gasteiger partial charge in [-0.2, -0.15) is 0 Å². The molecule has 2 fully saturated rings. The Labute approximate surface area is 133 Å². The van der Waals surface area contributed by atoms with Crippen LogP contribution in [0.25, 0.3) is 0 Å². The molecule has 1 atom stereocenters. The summed E-state index contributed by atoms with van der Waals surface area (Å²) >= 11 is 3.58. The van der Waals surface area contributed by atoms with E-state index in [4.69, 9.17) is 0 Å². The highest BCUT2D eigenvalue weighted by atomic mass is 79.9. The van der Waals surface area contributed by atoms with Crippen LogP contribution >= 0.6 is 15.9 Å².